The Kier molecular flexibility index (Phi) is 4.18. The summed E-state index contributed by atoms with van der Waals surface area (Å²) in [5, 5.41) is 0. The molecule has 3 nitrogen and oxygen atoms in total. The van der Waals surface area contributed by atoms with E-state index in [9.17, 15) is 0 Å². The molecule has 0 radical (unpaired) electrons. The van der Waals surface area contributed by atoms with E-state index < -0.39 is 0 Å². The first kappa shape index (κ1) is 14.3. The van der Waals surface area contributed by atoms with Gasteiger partial charge in [-0.1, -0.05) is 12.1 Å². The van der Waals surface area contributed by atoms with Gasteiger partial charge in [0.15, 0.2) is 0 Å². The van der Waals surface area contributed by atoms with Crippen LogP contribution in [0.5, 0.6) is 5.75 Å². The summed E-state index contributed by atoms with van der Waals surface area (Å²) in [7, 11) is 3.76. The molecular formula is C17H22N2O. The van der Waals surface area contributed by atoms with Crippen LogP contribution in [0, 0.1) is 13.8 Å². The Morgan fingerprint density at radius 2 is 1.70 bits per heavy atom. The third kappa shape index (κ3) is 3.23. The summed E-state index contributed by atoms with van der Waals surface area (Å²) in [6, 6.07) is 12.4. The van der Waals surface area contributed by atoms with Crippen LogP contribution in [-0.4, -0.2) is 14.2 Å². The maximum atomic E-state index is 5.79. The summed E-state index contributed by atoms with van der Waals surface area (Å²) in [5.41, 5.74) is 11.4. The molecule has 0 aliphatic heterocycles. The molecule has 0 spiro atoms. The summed E-state index contributed by atoms with van der Waals surface area (Å²) >= 11 is 0. The zero-order valence-electron chi connectivity index (χ0n) is 12.6. The Balaban J connectivity index is 2.25. The van der Waals surface area contributed by atoms with Crippen LogP contribution in [-0.2, 0) is 6.54 Å². The van der Waals surface area contributed by atoms with Gasteiger partial charge in [0, 0.05) is 36.6 Å². The Hall–Kier alpha value is -2.16. The van der Waals surface area contributed by atoms with Gasteiger partial charge in [0.1, 0.15) is 5.75 Å². The molecule has 0 saturated carbocycles. The standard InChI is InChI=1S/C17H22N2O/c1-12-7-13(2)9-16(8-12)19(3)11-14-5-6-15(18)10-17(14)20-4/h5-10H,11,18H2,1-4H3. The zero-order chi connectivity index (χ0) is 14.7. The third-order valence-electron chi connectivity index (χ3n) is 3.37. The minimum Gasteiger partial charge on any atom is -0.496 e. The van der Waals surface area contributed by atoms with Gasteiger partial charge in [-0.05, 0) is 43.2 Å². The summed E-state index contributed by atoms with van der Waals surface area (Å²) in [6.07, 6.45) is 0. The number of rotatable bonds is 4. The van der Waals surface area contributed by atoms with Gasteiger partial charge in [-0.3, -0.25) is 0 Å². The molecule has 0 aliphatic carbocycles. The van der Waals surface area contributed by atoms with Crippen molar-refractivity contribution in [1.82, 2.24) is 0 Å². The van der Waals surface area contributed by atoms with Crippen molar-refractivity contribution >= 4 is 11.4 Å². The molecule has 2 aromatic carbocycles. The summed E-state index contributed by atoms with van der Waals surface area (Å²) in [5.74, 6) is 0.834. The smallest absolute Gasteiger partial charge is 0.125 e. The number of ether oxygens (including phenoxy) is 1. The molecule has 0 amide bonds. The fraction of sp³-hybridized carbons (Fsp3) is 0.294. The molecule has 2 aromatic rings. The Labute approximate surface area is 121 Å². The van der Waals surface area contributed by atoms with Crippen LogP contribution >= 0.6 is 0 Å². The molecule has 0 fully saturated rings. The van der Waals surface area contributed by atoms with Crippen molar-refractivity contribution in [3.05, 3.63) is 53.1 Å². The van der Waals surface area contributed by atoms with E-state index in [1.807, 2.05) is 18.2 Å². The van der Waals surface area contributed by atoms with Crippen molar-refractivity contribution < 1.29 is 4.74 Å². The Morgan fingerprint density at radius 3 is 2.30 bits per heavy atom. The van der Waals surface area contributed by atoms with Gasteiger partial charge in [-0.2, -0.15) is 0 Å². The minimum atomic E-state index is 0.722. The lowest BCUT2D eigenvalue weighted by atomic mass is 10.1. The molecule has 0 atom stereocenters. The molecule has 2 rings (SSSR count). The van der Waals surface area contributed by atoms with Gasteiger partial charge in [0.25, 0.3) is 0 Å². The van der Waals surface area contributed by atoms with E-state index in [1.165, 1.54) is 16.8 Å². The number of nitrogen functional groups attached to an aromatic ring is 1. The van der Waals surface area contributed by atoms with Crippen molar-refractivity contribution in [3.63, 3.8) is 0 Å². The first-order valence-electron chi connectivity index (χ1n) is 6.71. The number of aryl methyl sites for hydroxylation is 2. The minimum absolute atomic E-state index is 0.722. The summed E-state index contributed by atoms with van der Waals surface area (Å²) in [6.45, 7) is 5.02. The molecule has 0 unspecified atom stereocenters. The fourth-order valence-electron chi connectivity index (χ4n) is 2.41. The van der Waals surface area contributed by atoms with Crippen molar-refractivity contribution in [1.29, 1.82) is 0 Å². The van der Waals surface area contributed by atoms with Crippen molar-refractivity contribution in [2.75, 3.05) is 24.8 Å². The average molecular weight is 270 g/mol. The number of methoxy groups -OCH3 is 1. The maximum absolute atomic E-state index is 5.79. The predicted octanol–water partition coefficient (Wildman–Crippen LogP) is 3.53. The normalized spacial score (nSPS) is 10.4. The van der Waals surface area contributed by atoms with E-state index in [1.54, 1.807) is 7.11 Å². The van der Waals surface area contributed by atoms with E-state index in [2.05, 4.69) is 44.0 Å². The van der Waals surface area contributed by atoms with Crippen LogP contribution in [0.4, 0.5) is 11.4 Å². The third-order valence-corrected chi connectivity index (χ3v) is 3.37. The summed E-state index contributed by atoms with van der Waals surface area (Å²) < 4.78 is 5.40. The van der Waals surface area contributed by atoms with Gasteiger partial charge in [0.2, 0.25) is 0 Å². The summed E-state index contributed by atoms with van der Waals surface area (Å²) in [4.78, 5) is 2.22. The lowest BCUT2D eigenvalue weighted by molar-refractivity contribution is 0.410. The Bertz CT molecular complexity index is 588. The first-order chi connectivity index (χ1) is 9.49. The quantitative estimate of drug-likeness (QED) is 0.864. The average Bonchev–Trinajstić information content (AvgIpc) is 2.39. The topological polar surface area (TPSA) is 38.5 Å². The highest BCUT2D eigenvalue weighted by Gasteiger charge is 2.08. The molecule has 0 aliphatic rings. The fourth-order valence-corrected chi connectivity index (χ4v) is 2.41. The monoisotopic (exact) mass is 270 g/mol. The molecule has 0 heterocycles. The van der Waals surface area contributed by atoms with Gasteiger partial charge < -0.3 is 15.4 Å². The van der Waals surface area contributed by atoms with E-state index in [0.717, 1.165) is 23.5 Å². The zero-order valence-corrected chi connectivity index (χ0v) is 12.6. The number of anilines is 2. The highest BCUT2D eigenvalue weighted by molar-refractivity contribution is 5.53. The van der Waals surface area contributed by atoms with E-state index in [4.69, 9.17) is 10.5 Å². The molecule has 0 saturated heterocycles. The second kappa shape index (κ2) is 5.87. The molecule has 3 heteroatoms. The number of nitrogens with two attached hydrogens (primary N) is 1. The van der Waals surface area contributed by atoms with Crippen LogP contribution in [0.15, 0.2) is 36.4 Å². The largest absolute Gasteiger partial charge is 0.496 e. The van der Waals surface area contributed by atoms with Crippen LogP contribution < -0.4 is 15.4 Å². The van der Waals surface area contributed by atoms with E-state index in [-0.39, 0.29) is 0 Å². The number of benzene rings is 2. The molecular weight excluding hydrogens is 248 g/mol. The van der Waals surface area contributed by atoms with Crippen LogP contribution in [0.2, 0.25) is 0 Å². The molecule has 0 bridgehead atoms. The van der Waals surface area contributed by atoms with Crippen molar-refractivity contribution in [2.45, 2.75) is 20.4 Å². The maximum Gasteiger partial charge on any atom is 0.125 e. The van der Waals surface area contributed by atoms with Gasteiger partial charge >= 0.3 is 0 Å². The lowest BCUT2D eigenvalue weighted by Crippen LogP contribution is -2.17. The lowest BCUT2D eigenvalue weighted by Gasteiger charge is -2.22. The second-order valence-corrected chi connectivity index (χ2v) is 5.27. The number of hydrogen-bond acceptors (Lipinski definition) is 3. The highest BCUT2D eigenvalue weighted by atomic mass is 16.5. The van der Waals surface area contributed by atoms with Crippen LogP contribution in [0.1, 0.15) is 16.7 Å². The number of nitrogens with zero attached hydrogens (tertiary/aromatic N) is 1. The van der Waals surface area contributed by atoms with Gasteiger partial charge in [-0.15, -0.1) is 0 Å². The van der Waals surface area contributed by atoms with E-state index in [0.29, 0.717) is 0 Å². The predicted molar refractivity (Wildman–Crippen MR) is 85.4 cm³/mol. The van der Waals surface area contributed by atoms with Crippen LogP contribution in [0.3, 0.4) is 0 Å². The Morgan fingerprint density at radius 1 is 1.05 bits per heavy atom. The van der Waals surface area contributed by atoms with E-state index >= 15 is 0 Å². The highest BCUT2D eigenvalue weighted by Crippen LogP contribution is 2.25. The molecule has 0 aromatic heterocycles. The van der Waals surface area contributed by atoms with Crippen molar-refractivity contribution in [3.8, 4) is 5.75 Å². The van der Waals surface area contributed by atoms with Gasteiger partial charge in [-0.25, -0.2) is 0 Å². The SMILES string of the molecule is COc1cc(N)ccc1CN(C)c1cc(C)cc(C)c1. The van der Waals surface area contributed by atoms with Crippen molar-refractivity contribution in [2.24, 2.45) is 0 Å². The number of hydrogen-bond donors (Lipinski definition) is 1. The molecule has 20 heavy (non-hydrogen) atoms. The van der Waals surface area contributed by atoms with Gasteiger partial charge in [0.05, 0.1) is 7.11 Å². The molecule has 106 valence electrons. The molecule has 2 N–H and O–H groups in total. The first-order valence-corrected chi connectivity index (χ1v) is 6.71. The second-order valence-electron chi connectivity index (χ2n) is 5.27. The van der Waals surface area contributed by atoms with Crippen LogP contribution in [0.25, 0.3) is 0 Å².